The number of para-hydroxylation sites is 1. The van der Waals surface area contributed by atoms with E-state index in [0.29, 0.717) is 99.9 Å². The summed E-state index contributed by atoms with van der Waals surface area (Å²) >= 11 is 0. The lowest BCUT2D eigenvalue weighted by molar-refractivity contribution is -0.134. The van der Waals surface area contributed by atoms with Crippen LogP contribution in [-0.2, 0) is 19.1 Å². The molecule has 3 amide bonds. The summed E-state index contributed by atoms with van der Waals surface area (Å²) in [6.45, 7) is 6.76. The Balaban J connectivity index is 0.888. The number of piperidine rings is 2. The highest BCUT2D eigenvalue weighted by molar-refractivity contribution is 5.91. The van der Waals surface area contributed by atoms with Crippen LogP contribution >= 0.6 is 0 Å². The third-order valence-electron chi connectivity index (χ3n) is 12.5. The number of benzene rings is 3. The molecule has 0 aromatic heterocycles. The standard InChI is InChI=1S/C46H59FN8O6/c1-2-6-37(46(59)51-29-56)31-11-12-41(39(47)22-31)52-17-13-30(14-18-52)21-44(58)53-19-15-35(16-20-53)61-36-8-5-7-32(23-36)55-33-25-54(26-34(55)28-60-27-33)42(45(49)50)24-40(48)38-9-3-4-10-43(38)57/h3-5,7-12,22-24,29-30,33-35,37,57H,2,6,13-21,25-28,48-50H2,1H3,(H,51,56,59)/b40-24-. The van der Waals surface area contributed by atoms with E-state index < -0.39 is 11.8 Å². The van der Waals surface area contributed by atoms with Crippen LogP contribution in [0.5, 0.6) is 11.5 Å². The molecule has 0 radical (unpaired) electrons. The first-order valence-corrected chi connectivity index (χ1v) is 21.5. The molecule has 3 aromatic rings. The molecule has 0 spiro atoms. The SMILES string of the molecule is CCCC(C(=O)NC=O)c1ccc(N2CCC(CC(=O)N3CCC(Oc4cccc(N5C6COCC5CN(C(/C=C(\N)c5ccccc5O)=C(N)N)C6)c4)CC3)CC2)c(F)c1. The predicted molar refractivity (Wildman–Crippen MR) is 233 cm³/mol. The summed E-state index contributed by atoms with van der Waals surface area (Å²) in [5.74, 6) is -0.00111. The molecule has 4 heterocycles. The first-order chi connectivity index (χ1) is 29.5. The van der Waals surface area contributed by atoms with E-state index in [1.807, 2.05) is 34.9 Å². The maximum Gasteiger partial charge on any atom is 0.233 e. The number of fused-ring (bicyclic) bond motifs is 2. The number of halogens is 1. The molecule has 61 heavy (non-hydrogen) atoms. The number of nitrogens with two attached hydrogens (primary N) is 3. The van der Waals surface area contributed by atoms with Crippen LogP contribution in [0.3, 0.4) is 0 Å². The van der Waals surface area contributed by atoms with Crippen molar-refractivity contribution in [2.75, 3.05) is 62.3 Å². The third kappa shape index (κ3) is 10.2. The van der Waals surface area contributed by atoms with E-state index in [2.05, 4.69) is 27.2 Å². The number of carbonyl (C=O) groups is 3. The largest absolute Gasteiger partial charge is 0.507 e. The number of allylic oxidation sites excluding steroid dienone is 1. The molecule has 3 atom stereocenters. The number of ether oxygens (including phenoxy) is 2. The normalized spacial score (nSPS) is 20.5. The first-order valence-electron chi connectivity index (χ1n) is 21.5. The molecule has 8 N–H and O–H groups in total. The van der Waals surface area contributed by atoms with E-state index in [1.54, 1.807) is 36.4 Å². The van der Waals surface area contributed by atoms with Gasteiger partial charge in [-0.1, -0.05) is 37.6 Å². The zero-order valence-electron chi connectivity index (χ0n) is 34.9. The van der Waals surface area contributed by atoms with Gasteiger partial charge < -0.3 is 51.4 Å². The van der Waals surface area contributed by atoms with Crippen LogP contribution in [0.1, 0.15) is 68.9 Å². The lowest BCUT2D eigenvalue weighted by atomic mass is 9.91. The molecule has 14 nitrogen and oxygen atoms in total. The second kappa shape index (κ2) is 19.6. The maximum absolute atomic E-state index is 15.4. The van der Waals surface area contributed by atoms with E-state index in [0.717, 1.165) is 43.5 Å². The minimum Gasteiger partial charge on any atom is -0.507 e. The summed E-state index contributed by atoms with van der Waals surface area (Å²) in [6.07, 6.45) is 6.85. The third-order valence-corrected chi connectivity index (χ3v) is 12.5. The van der Waals surface area contributed by atoms with Crippen molar-refractivity contribution < 1.29 is 33.4 Å². The quantitative estimate of drug-likeness (QED) is 0.114. The number of hydrogen-bond donors (Lipinski definition) is 5. The fourth-order valence-electron chi connectivity index (χ4n) is 9.36. The van der Waals surface area contributed by atoms with Crippen LogP contribution in [0, 0.1) is 11.7 Å². The monoisotopic (exact) mass is 838 g/mol. The number of imide groups is 1. The van der Waals surface area contributed by atoms with Crippen molar-refractivity contribution in [3.63, 3.8) is 0 Å². The number of aromatic hydroxyl groups is 1. The Labute approximate surface area is 357 Å². The second-order valence-corrected chi connectivity index (χ2v) is 16.6. The number of rotatable bonds is 14. The minimum atomic E-state index is -0.586. The number of nitrogens with one attached hydrogen (secondary N) is 1. The number of nitrogens with zero attached hydrogens (tertiary/aromatic N) is 4. The summed E-state index contributed by atoms with van der Waals surface area (Å²) in [5, 5.41) is 12.6. The van der Waals surface area contributed by atoms with Crippen LogP contribution in [-0.4, -0.2) is 104 Å². The number of anilines is 2. The number of morpholine rings is 1. The van der Waals surface area contributed by atoms with Crippen LogP contribution in [0.2, 0.25) is 0 Å². The van der Waals surface area contributed by atoms with Gasteiger partial charge in [-0.3, -0.25) is 19.7 Å². The van der Waals surface area contributed by atoms with Gasteiger partial charge in [0, 0.05) is 81.5 Å². The molecule has 3 aromatic carbocycles. The van der Waals surface area contributed by atoms with Gasteiger partial charge in [0.25, 0.3) is 0 Å². The first kappa shape index (κ1) is 43.1. The Kier molecular flexibility index (Phi) is 13.9. The van der Waals surface area contributed by atoms with Gasteiger partial charge in [0.1, 0.15) is 29.2 Å². The smallest absolute Gasteiger partial charge is 0.233 e. The molecule has 4 saturated heterocycles. The predicted octanol–water partition coefficient (Wildman–Crippen LogP) is 4.34. The summed E-state index contributed by atoms with van der Waals surface area (Å²) in [6, 6.07) is 20.0. The highest BCUT2D eigenvalue weighted by Crippen LogP contribution is 2.35. The number of piperazine rings is 1. The summed E-state index contributed by atoms with van der Waals surface area (Å²) in [7, 11) is 0. The topological polar surface area (TPSA) is 193 Å². The van der Waals surface area contributed by atoms with E-state index >= 15 is 4.39 Å². The average Bonchev–Trinajstić information content (AvgIpc) is 3.25. The minimum absolute atomic E-state index is 0.0123. The zero-order chi connectivity index (χ0) is 43.0. The van der Waals surface area contributed by atoms with Gasteiger partial charge in [0.05, 0.1) is 42.6 Å². The Bertz CT molecular complexity index is 2080. The van der Waals surface area contributed by atoms with Crippen molar-refractivity contribution in [3.05, 3.63) is 101 Å². The van der Waals surface area contributed by atoms with Crippen molar-refractivity contribution in [1.29, 1.82) is 0 Å². The number of hydrogen-bond acceptors (Lipinski definition) is 12. The molecule has 0 aliphatic carbocycles. The van der Waals surface area contributed by atoms with Gasteiger partial charge >= 0.3 is 0 Å². The Morgan fingerprint density at radius 3 is 2.31 bits per heavy atom. The van der Waals surface area contributed by atoms with Gasteiger partial charge in [-0.15, -0.1) is 0 Å². The number of phenols is 1. The van der Waals surface area contributed by atoms with E-state index in [9.17, 15) is 19.5 Å². The van der Waals surface area contributed by atoms with E-state index in [4.69, 9.17) is 26.7 Å². The lowest BCUT2D eigenvalue weighted by Crippen LogP contribution is -2.64. The molecule has 7 rings (SSSR count). The van der Waals surface area contributed by atoms with E-state index in [1.165, 1.54) is 6.07 Å². The number of amides is 3. The summed E-state index contributed by atoms with van der Waals surface area (Å²) in [4.78, 5) is 45.2. The highest BCUT2D eigenvalue weighted by Gasteiger charge is 2.39. The van der Waals surface area contributed by atoms with Crippen molar-refractivity contribution in [1.82, 2.24) is 15.1 Å². The molecule has 2 bridgehead atoms. The fraction of sp³-hybridized carbons (Fsp3) is 0.457. The molecule has 4 aliphatic heterocycles. The van der Waals surface area contributed by atoms with Crippen molar-refractivity contribution in [3.8, 4) is 11.5 Å². The fourth-order valence-corrected chi connectivity index (χ4v) is 9.36. The van der Waals surface area contributed by atoms with Crippen LogP contribution in [0.4, 0.5) is 15.8 Å². The number of likely N-dealkylation sites (tertiary alicyclic amines) is 1. The van der Waals surface area contributed by atoms with Crippen molar-refractivity contribution >= 4 is 35.3 Å². The Morgan fingerprint density at radius 1 is 0.934 bits per heavy atom. The Hall–Kier alpha value is -5.96. The molecule has 0 saturated carbocycles. The van der Waals surface area contributed by atoms with E-state index in [-0.39, 0.29) is 47.4 Å². The molecule has 326 valence electrons. The zero-order valence-corrected chi connectivity index (χ0v) is 34.9. The van der Waals surface area contributed by atoms with Crippen LogP contribution in [0.25, 0.3) is 5.70 Å². The van der Waals surface area contributed by atoms with Gasteiger partial charge in [-0.2, -0.15) is 0 Å². The molecular weight excluding hydrogens is 780 g/mol. The van der Waals surface area contributed by atoms with Gasteiger partial charge in [-0.05, 0) is 73.2 Å². The highest BCUT2D eigenvalue weighted by atomic mass is 19.1. The molecule has 15 heteroatoms. The summed E-state index contributed by atoms with van der Waals surface area (Å²) < 4.78 is 27.9. The average molecular weight is 839 g/mol. The van der Waals surface area contributed by atoms with Crippen molar-refractivity contribution in [2.24, 2.45) is 23.1 Å². The molecule has 4 fully saturated rings. The number of phenolic OH excluding ortho intramolecular Hbond substituents is 1. The van der Waals surface area contributed by atoms with Crippen LogP contribution in [0.15, 0.2) is 84.3 Å². The summed E-state index contributed by atoms with van der Waals surface area (Å²) in [5.41, 5.74) is 22.4. The van der Waals surface area contributed by atoms with Crippen LogP contribution < -0.4 is 37.1 Å². The van der Waals surface area contributed by atoms with Gasteiger partial charge in [-0.25, -0.2) is 4.39 Å². The molecule has 3 unspecified atom stereocenters. The maximum atomic E-state index is 15.4. The van der Waals surface area contributed by atoms with Gasteiger partial charge in [0.2, 0.25) is 18.2 Å². The van der Waals surface area contributed by atoms with Gasteiger partial charge in [0.15, 0.2) is 0 Å². The lowest BCUT2D eigenvalue weighted by Gasteiger charge is -2.52. The number of carbonyl (C=O) groups excluding carboxylic acids is 3. The van der Waals surface area contributed by atoms with Crippen molar-refractivity contribution in [2.45, 2.75) is 76.0 Å². The molecular formula is C46H59FN8O6. The molecule has 4 aliphatic rings. The Morgan fingerprint density at radius 2 is 1.66 bits per heavy atom. The second-order valence-electron chi connectivity index (χ2n) is 16.6.